The van der Waals surface area contributed by atoms with Gasteiger partial charge in [0.25, 0.3) is 0 Å². The highest BCUT2D eigenvalue weighted by Gasteiger charge is 2.02. The largest absolute Gasteiger partial charge is 0.398 e. The molecule has 0 aliphatic carbocycles. The smallest absolute Gasteiger partial charge is 0.124 e. The van der Waals surface area contributed by atoms with E-state index in [2.05, 4.69) is 21.8 Å². The Hall–Kier alpha value is -2.64. The number of nitrogens with two attached hydrogens (primary N) is 1. The molecule has 0 aliphatic rings. The summed E-state index contributed by atoms with van der Waals surface area (Å²) in [4.78, 5) is 8.74. The molecule has 0 saturated carbocycles. The van der Waals surface area contributed by atoms with E-state index >= 15 is 0 Å². The summed E-state index contributed by atoms with van der Waals surface area (Å²) in [5.41, 5.74) is 10.1. The molecule has 0 atom stereocenters. The Kier molecular flexibility index (Phi) is 3.67. The third kappa shape index (κ3) is 3.10. The van der Waals surface area contributed by atoms with Crippen molar-refractivity contribution in [3.05, 3.63) is 64.2 Å². The van der Waals surface area contributed by atoms with E-state index < -0.39 is 0 Å². The second kappa shape index (κ2) is 5.78. The molecule has 3 nitrogen and oxygen atoms in total. The van der Waals surface area contributed by atoms with Crippen molar-refractivity contribution < 1.29 is 0 Å². The molecule has 0 spiro atoms. The highest BCUT2D eigenvalue weighted by Crippen LogP contribution is 2.23. The van der Waals surface area contributed by atoms with Gasteiger partial charge in [-0.25, -0.2) is 4.98 Å². The molecule has 0 radical (unpaired) electrons. The van der Waals surface area contributed by atoms with Crippen LogP contribution in [0.5, 0.6) is 0 Å². The summed E-state index contributed by atoms with van der Waals surface area (Å²) in [6.07, 6.45) is 1.76. The van der Waals surface area contributed by atoms with Crippen molar-refractivity contribution in [3.8, 4) is 23.1 Å². The molecule has 0 aliphatic heterocycles. The first kappa shape index (κ1) is 13.3. The second-order valence-corrected chi connectivity index (χ2v) is 5.58. The monoisotopic (exact) mass is 291 g/mol. The van der Waals surface area contributed by atoms with E-state index in [4.69, 9.17) is 5.73 Å². The molecule has 2 N–H and O–H groups in total. The number of anilines is 1. The maximum atomic E-state index is 5.95. The van der Waals surface area contributed by atoms with Crippen LogP contribution >= 0.6 is 11.3 Å². The average Bonchev–Trinajstić information content (AvgIpc) is 2.92. The van der Waals surface area contributed by atoms with Crippen molar-refractivity contribution in [1.82, 2.24) is 9.97 Å². The van der Waals surface area contributed by atoms with Gasteiger partial charge in [0.05, 0.1) is 10.7 Å². The molecule has 2 heterocycles. The number of pyridine rings is 1. The zero-order valence-corrected chi connectivity index (χ0v) is 12.3. The van der Waals surface area contributed by atoms with E-state index in [0.29, 0.717) is 0 Å². The summed E-state index contributed by atoms with van der Waals surface area (Å²) in [5, 5.41) is 2.97. The number of thiazole rings is 1. The number of rotatable bonds is 1. The van der Waals surface area contributed by atoms with Crippen LogP contribution in [-0.4, -0.2) is 9.97 Å². The number of para-hydroxylation sites is 1. The fourth-order valence-corrected chi connectivity index (χ4v) is 2.46. The minimum Gasteiger partial charge on any atom is -0.398 e. The fraction of sp³-hybridized carbons (Fsp3) is 0.0588. The highest BCUT2D eigenvalue weighted by molar-refractivity contribution is 7.09. The SMILES string of the molecule is Cc1nc(C#Cc2ccc(-c3ccccc3N)nc2)cs1. The Morgan fingerprint density at radius 1 is 1.10 bits per heavy atom. The van der Waals surface area contributed by atoms with Crippen LogP contribution in [0.3, 0.4) is 0 Å². The first-order chi connectivity index (χ1) is 10.2. The molecule has 4 heteroatoms. The molecule has 0 saturated heterocycles. The molecular formula is C17H13N3S. The lowest BCUT2D eigenvalue weighted by molar-refractivity contribution is 1.27. The number of nitrogen functional groups attached to an aromatic ring is 1. The van der Waals surface area contributed by atoms with Gasteiger partial charge < -0.3 is 5.73 Å². The van der Waals surface area contributed by atoms with Gasteiger partial charge in [-0.1, -0.05) is 24.1 Å². The van der Waals surface area contributed by atoms with E-state index in [-0.39, 0.29) is 0 Å². The Balaban J connectivity index is 1.85. The van der Waals surface area contributed by atoms with Gasteiger partial charge in [-0.3, -0.25) is 4.98 Å². The maximum absolute atomic E-state index is 5.95. The lowest BCUT2D eigenvalue weighted by Gasteiger charge is -2.04. The van der Waals surface area contributed by atoms with Gasteiger partial charge in [0.15, 0.2) is 0 Å². The minimum absolute atomic E-state index is 0.724. The standard InChI is InChI=1S/C17H13N3S/c1-12-20-14(11-21-12)8-6-13-7-9-17(19-10-13)15-4-2-3-5-16(15)18/h2-5,7,9-11H,18H2,1H3. The van der Waals surface area contributed by atoms with Crippen molar-refractivity contribution >= 4 is 17.0 Å². The van der Waals surface area contributed by atoms with Crippen molar-refractivity contribution in [2.24, 2.45) is 0 Å². The van der Waals surface area contributed by atoms with Gasteiger partial charge >= 0.3 is 0 Å². The quantitative estimate of drug-likeness (QED) is 0.551. The number of aryl methyl sites for hydroxylation is 1. The molecule has 0 bridgehead atoms. The molecule has 0 fully saturated rings. The van der Waals surface area contributed by atoms with Crippen LogP contribution in [0.1, 0.15) is 16.3 Å². The highest BCUT2D eigenvalue weighted by atomic mass is 32.1. The third-order valence-electron chi connectivity index (χ3n) is 2.95. The molecule has 0 amide bonds. The number of aromatic nitrogens is 2. The molecule has 3 aromatic rings. The molecule has 1 aromatic carbocycles. The molecule has 0 unspecified atom stereocenters. The molecule has 2 aromatic heterocycles. The molecule has 3 rings (SSSR count). The number of benzene rings is 1. The van der Waals surface area contributed by atoms with Crippen molar-refractivity contribution in [3.63, 3.8) is 0 Å². The van der Waals surface area contributed by atoms with Gasteiger partial charge in [0, 0.05) is 28.4 Å². The first-order valence-electron chi connectivity index (χ1n) is 6.47. The van der Waals surface area contributed by atoms with Crippen LogP contribution < -0.4 is 5.73 Å². The van der Waals surface area contributed by atoms with E-state index in [1.165, 1.54) is 0 Å². The Labute approximate surface area is 127 Å². The number of hydrogen-bond donors (Lipinski definition) is 1. The Morgan fingerprint density at radius 3 is 2.62 bits per heavy atom. The van der Waals surface area contributed by atoms with Crippen LogP contribution in [0.15, 0.2) is 48.0 Å². The second-order valence-electron chi connectivity index (χ2n) is 4.52. The summed E-state index contributed by atoms with van der Waals surface area (Å²) >= 11 is 1.60. The van der Waals surface area contributed by atoms with Gasteiger partial charge in [-0.2, -0.15) is 0 Å². The lowest BCUT2D eigenvalue weighted by atomic mass is 10.1. The van der Waals surface area contributed by atoms with E-state index in [9.17, 15) is 0 Å². The van der Waals surface area contributed by atoms with Crippen molar-refractivity contribution in [2.75, 3.05) is 5.73 Å². The zero-order chi connectivity index (χ0) is 14.7. The van der Waals surface area contributed by atoms with Gasteiger partial charge in [-0.05, 0) is 31.0 Å². The van der Waals surface area contributed by atoms with Crippen LogP contribution in [0.2, 0.25) is 0 Å². The maximum Gasteiger partial charge on any atom is 0.124 e. The fourth-order valence-electron chi connectivity index (χ4n) is 1.91. The van der Waals surface area contributed by atoms with Crippen LogP contribution in [0.25, 0.3) is 11.3 Å². The van der Waals surface area contributed by atoms with Gasteiger partial charge in [0.1, 0.15) is 5.69 Å². The number of hydrogen-bond acceptors (Lipinski definition) is 4. The predicted molar refractivity (Wildman–Crippen MR) is 86.9 cm³/mol. The predicted octanol–water partition coefficient (Wildman–Crippen LogP) is 3.50. The van der Waals surface area contributed by atoms with Crippen LogP contribution in [0, 0.1) is 18.8 Å². The summed E-state index contributed by atoms with van der Waals surface area (Å²) < 4.78 is 0. The summed E-state index contributed by atoms with van der Waals surface area (Å²) in [6.45, 7) is 1.97. The topological polar surface area (TPSA) is 51.8 Å². The zero-order valence-electron chi connectivity index (χ0n) is 11.5. The van der Waals surface area contributed by atoms with Gasteiger partial charge in [-0.15, -0.1) is 11.3 Å². The summed E-state index contributed by atoms with van der Waals surface area (Å²) in [5.74, 6) is 6.10. The first-order valence-corrected chi connectivity index (χ1v) is 7.35. The van der Waals surface area contributed by atoms with E-state index in [1.807, 2.05) is 48.7 Å². The summed E-state index contributed by atoms with van der Waals surface area (Å²) in [6, 6.07) is 11.6. The number of nitrogens with zero attached hydrogens (tertiary/aromatic N) is 2. The third-order valence-corrected chi connectivity index (χ3v) is 3.73. The summed E-state index contributed by atoms with van der Waals surface area (Å²) in [7, 11) is 0. The Bertz CT molecular complexity index is 823. The van der Waals surface area contributed by atoms with Gasteiger partial charge in [0.2, 0.25) is 0 Å². The van der Waals surface area contributed by atoms with E-state index in [1.54, 1.807) is 17.5 Å². The van der Waals surface area contributed by atoms with Crippen molar-refractivity contribution in [2.45, 2.75) is 6.92 Å². The molecule has 102 valence electrons. The van der Waals surface area contributed by atoms with Crippen LogP contribution in [-0.2, 0) is 0 Å². The lowest BCUT2D eigenvalue weighted by Crippen LogP contribution is -1.91. The average molecular weight is 291 g/mol. The Morgan fingerprint density at radius 2 is 1.95 bits per heavy atom. The minimum atomic E-state index is 0.724. The van der Waals surface area contributed by atoms with Crippen LogP contribution in [0.4, 0.5) is 5.69 Å². The normalized spacial score (nSPS) is 9.95. The molecular weight excluding hydrogens is 278 g/mol. The van der Waals surface area contributed by atoms with E-state index in [0.717, 1.165) is 33.2 Å². The van der Waals surface area contributed by atoms with Crippen molar-refractivity contribution in [1.29, 1.82) is 0 Å². The molecule has 21 heavy (non-hydrogen) atoms.